The number of imide groups is 1. The second kappa shape index (κ2) is 5.53. The standard InChI is InChI=1S/C15H15F2NO2/c1-9(2)7-8-12(13(16)17)18-14(19)10-5-3-4-6-11(10)15(18)20/h3-6,12-13H,1,7-8H2,2H3. The summed E-state index contributed by atoms with van der Waals surface area (Å²) in [5.74, 6) is -1.28. The van der Waals surface area contributed by atoms with Crippen molar-refractivity contribution in [2.45, 2.75) is 32.2 Å². The number of hydrogen-bond donors (Lipinski definition) is 0. The Labute approximate surface area is 115 Å². The van der Waals surface area contributed by atoms with E-state index in [4.69, 9.17) is 0 Å². The highest BCUT2D eigenvalue weighted by atomic mass is 19.3. The number of benzene rings is 1. The molecule has 106 valence electrons. The molecule has 0 bridgehead atoms. The first-order valence-electron chi connectivity index (χ1n) is 6.33. The molecule has 0 N–H and O–H groups in total. The molecule has 1 unspecified atom stereocenters. The van der Waals surface area contributed by atoms with Gasteiger partial charge in [0.05, 0.1) is 11.1 Å². The van der Waals surface area contributed by atoms with Gasteiger partial charge in [-0.1, -0.05) is 17.7 Å². The number of allylic oxidation sites excluding steroid dienone is 1. The molecule has 0 spiro atoms. The number of amides is 2. The molecular formula is C15H15F2NO2. The van der Waals surface area contributed by atoms with Gasteiger partial charge in [0.1, 0.15) is 6.04 Å². The van der Waals surface area contributed by atoms with E-state index in [0.29, 0.717) is 11.3 Å². The Kier molecular flexibility index (Phi) is 3.97. The molecule has 0 aromatic heterocycles. The molecular weight excluding hydrogens is 264 g/mol. The van der Waals surface area contributed by atoms with E-state index in [9.17, 15) is 18.4 Å². The topological polar surface area (TPSA) is 37.4 Å². The van der Waals surface area contributed by atoms with Crippen LogP contribution in [0.15, 0.2) is 36.4 Å². The maximum absolute atomic E-state index is 13.2. The van der Waals surface area contributed by atoms with Crippen LogP contribution < -0.4 is 0 Å². The number of nitrogens with zero attached hydrogens (tertiary/aromatic N) is 1. The van der Waals surface area contributed by atoms with Crippen LogP contribution >= 0.6 is 0 Å². The molecule has 2 amide bonds. The van der Waals surface area contributed by atoms with E-state index in [2.05, 4.69) is 6.58 Å². The van der Waals surface area contributed by atoms with E-state index in [0.717, 1.165) is 5.57 Å². The van der Waals surface area contributed by atoms with Crippen molar-refractivity contribution in [3.8, 4) is 0 Å². The minimum atomic E-state index is -2.77. The summed E-state index contributed by atoms with van der Waals surface area (Å²) in [6.07, 6.45) is -2.39. The molecule has 0 fully saturated rings. The molecule has 1 heterocycles. The first-order valence-corrected chi connectivity index (χ1v) is 6.33. The molecule has 5 heteroatoms. The fourth-order valence-corrected chi connectivity index (χ4v) is 2.27. The number of fused-ring (bicyclic) bond motifs is 1. The molecule has 0 radical (unpaired) electrons. The largest absolute Gasteiger partial charge is 0.269 e. The van der Waals surface area contributed by atoms with E-state index in [1.165, 1.54) is 12.1 Å². The van der Waals surface area contributed by atoms with Crippen LogP contribution in [-0.2, 0) is 0 Å². The van der Waals surface area contributed by atoms with E-state index in [1.54, 1.807) is 19.1 Å². The third-order valence-electron chi connectivity index (χ3n) is 3.31. The van der Waals surface area contributed by atoms with Gasteiger partial charge >= 0.3 is 0 Å². The van der Waals surface area contributed by atoms with E-state index >= 15 is 0 Å². The van der Waals surface area contributed by atoms with Crippen LogP contribution in [0.5, 0.6) is 0 Å². The zero-order valence-electron chi connectivity index (χ0n) is 11.1. The zero-order valence-corrected chi connectivity index (χ0v) is 11.1. The molecule has 1 aromatic carbocycles. The summed E-state index contributed by atoms with van der Waals surface area (Å²) in [6.45, 7) is 5.38. The van der Waals surface area contributed by atoms with Crippen LogP contribution in [0.25, 0.3) is 0 Å². The predicted octanol–water partition coefficient (Wildman–Crippen LogP) is 3.27. The summed E-state index contributed by atoms with van der Waals surface area (Å²) >= 11 is 0. The SMILES string of the molecule is C=C(C)CCC(C(F)F)N1C(=O)c2ccccc2C1=O. The van der Waals surface area contributed by atoms with Crippen LogP contribution in [0.3, 0.4) is 0 Å². The molecule has 0 saturated heterocycles. The highest BCUT2D eigenvalue weighted by Gasteiger charge is 2.42. The average molecular weight is 279 g/mol. The summed E-state index contributed by atoms with van der Waals surface area (Å²) in [6, 6.07) is 4.78. The van der Waals surface area contributed by atoms with Crippen molar-refractivity contribution in [3.63, 3.8) is 0 Å². The monoisotopic (exact) mass is 279 g/mol. The Balaban J connectivity index is 2.30. The molecule has 1 atom stereocenters. The number of hydrogen-bond acceptors (Lipinski definition) is 2. The van der Waals surface area contributed by atoms with Crippen molar-refractivity contribution >= 4 is 11.8 Å². The molecule has 1 aliphatic heterocycles. The molecule has 1 aliphatic rings. The molecule has 3 nitrogen and oxygen atoms in total. The molecule has 0 aliphatic carbocycles. The van der Waals surface area contributed by atoms with Crippen molar-refractivity contribution in [1.29, 1.82) is 0 Å². The second-order valence-corrected chi connectivity index (χ2v) is 4.92. The number of halogens is 2. The molecule has 20 heavy (non-hydrogen) atoms. The lowest BCUT2D eigenvalue weighted by Gasteiger charge is -2.25. The highest BCUT2D eigenvalue weighted by Crippen LogP contribution is 2.28. The van der Waals surface area contributed by atoms with Crippen LogP contribution in [-0.4, -0.2) is 29.2 Å². The van der Waals surface area contributed by atoms with Crippen molar-refractivity contribution in [2.24, 2.45) is 0 Å². The number of carbonyl (C=O) groups is 2. The summed E-state index contributed by atoms with van der Waals surface area (Å²) in [7, 11) is 0. The van der Waals surface area contributed by atoms with Crippen molar-refractivity contribution < 1.29 is 18.4 Å². The van der Waals surface area contributed by atoms with Crippen LogP contribution in [0.4, 0.5) is 8.78 Å². The molecule has 0 saturated carbocycles. The van der Waals surface area contributed by atoms with Gasteiger partial charge in [-0.25, -0.2) is 8.78 Å². The third kappa shape index (κ3) is 2.48. The van der Waals surface area contributed by atoms with Gasteiger partial charge in [-0.2, -0.15) is 0 Å². The van der Waals surface area contributed by atoms with Gasteiger partial charge in [0, 0.05) is 0 Å². The summed E-state index contributed by atoms with van der Waals surface area (Å²) in [5.41, 5.74) is 1.13. The minimum Gasteiger partial charge on any atom is -0.269 e. The lowest BCUT2D eigenvalue weighted by Crippen LogP contribution is -2.44. The smallest absolute Gasteiger partial charge is 0.262 e. The predicted molar refractivity (Wildman–Crippen MR) is 70.8 cm³/mol. The van der Waals surface area contributed by atoms with Crippen LogP contribution in [0, 0.1) is 0 Å². The van der Waals surface area contributed by atoms with Gasteiger partial charge in [0.2, 0.25) is 0 Å². The second-order valence-electron chi connectivity index (χ2n) is 4.92. The zero-order chi connectivity index (χ0) is 14.9. The normalized spacial score (nSPS) is 15.7. The quantitative estimate of drug-likeness (QED) is 0.612. The fraction of sp³-hybridized carbons (Fsp3) is 0.333. The number of carbonyl (C=O) groups excluding carboxylic acids is 2. The lowest BCUT2D eigenvalue weighted by molar-refractivity contribution is 0.0206. The third-order valence-corrected chi connectivity index (χ3v) is 3.31. The number of rotatable bonds is 5. The van der Waals surface area contributed by atoms with E-state index in [1.807, 2.05) is 0 Å². The van der Waals surface area contributed by atoms with Gasteiger partial charge in [-0.05, 0) is 31.9 Å². The van der Waals surface area contributed by atoms with Gasteiger partial charge in [-0.15, -0.1) is 6.58 Å². The van der Waals surface area contributed by atoms with Gasteiger partial charge in [0.15, 0.2) is 0 Å². The van der Waals surface area contributed by atoms with Crippen LogP contribution in [0.2, 0.25) is 0 Å². The first-order chi connectivity index (χ1) is 9.43. The van der Waals surface area contributed by atoms with Crippen LogP contribution in [0.1, 0.15) is 40.5 Å². The maximum Gasteiger partial charge on any atom is 0.262 e. The van der Waals surface area contributed by atoms with Gasteiger partial charge in [-0.3, -0.25) is 14.5 Å². The van der Waals surface area contributed by atoms with Crippen molar-refractivity contribution in [3.05, 3.63) is 47.5 Å². The molecule has 2 rings (SSSR count). The Bertz CT molecular complexity index is 534. The summed E-state index contributed by atoms with van der Waals surface area (Å²) in [4.78, 5) is 25.0. The Hall–Kier alpha value is -2.04. The maximum atomic E-state index is 13.2. The lowest BCUT2D eigenvalue weighted by atomic mass is 10.1. The fourth-order valence-electron chi connectivity index (χ4n) is 2.27. The first kappa shape index (κ1) is 14.4. The summed E-state index contributed by atoms with van der Waals surface area (Å²) in [5, 5.41) is 0. The Morgan fingerprint density at radius 3 is 2.10 bits per heavy atom. The Morgan fingerprint density at radius 1 is 1.20 bits per heavy atom. The van der Waals surface area contributed by atoms with E-state index in [-0.39, 0.29) is 17.5 Å². The van der Waals surface area contributed by atoms with Gasteiger partial charge in [0.25, 0.3) is 18.2 Å². The highest BCUT2D eigenvalue weighted by molar-refractivity contribution is 6.21. The molecule has 1 aromatic rings. The van der Waals surface area contributed by atoms with E-state index < -0.39 is 24.3 Å². The number of alkyl halides is 2. The minimum absolute atomic E-state index is 0.0263. The van der Waals surface area contributed by atoms with Gasteiger partial charge < -0.3 is 0 Å². The Morgan fingerprint density at radius 2 is 1.70 bits per heavy atom. The van der Waals surface area contributed by atoms with Crippen molar-refractivity contribution in [1.82, 2.24) is 4.90 Å². The average Bonchev–Trinajstić information content (AvgIpc) is 2.64. The van der Waals surface area contributed by atoms with Crippen molar-refractivity contribution in [2.75, 3.05) is 0 Å². The summed E-state index contributed by atoms with van der Waals surface area (Å²) < 4.78 is 26.4.